The lowest BCUT2D eigenvalue weighted by atomic mass is 10.00. The van der Waals surface area contributed by atoms with Crippen LogP contribution in [-0.2, 0) is 20.8 Å². The minimum atomic E-state index is -0.189. The van der Waals surface area contributed by atoms with Crippen LogP contribution in [-0.4, -0.2) is 24.1 Å². The molecule has 2 rings (SSSR count). The van der Waals surface area contributed by atoms with Gasteiger partial charge in [-0.2, -0.15) is 0 Å². The van der Waals surface area contributed by atoms with Crippen molar-refractivity contribution in [1.29, 1.82) is 0 Å². The molecule has 0 aromatic heterocycles. The predicted octanol–water partition coefficient (Wildman–Crippen LogP) is 4.86. The molecule has 0 aliphatic carbocycles. The maximum Gasteiger partial charge on any atom is 0.158 e. The number of ether oxygens (including phenoxy) is 3. The lowest BCUT2D eigenvalue weighted by Crippen LogP contribution is -2.43. The molecular weight excluding hydrogens is 288 g/mol. The van der Waals surface area contributed by atoms with E-state index >= 15 is 0 Å². The Balaban J connectivity index is 1.91. The lowest BCUT2D eigenvalue weighted by Gasteiger charge is -2.38. The fraction of sp³-hybridized carbons (Fsp3) is 0.600. The maximum atomic E-state index is 6.17. The predicted molar refractivity (Wildman–Crippen MR) is 93.2 cm³/mol. The van der Waals surface area contributed by atoms with E-state index in [2.05, 4.69) is 39.5 Å². The molecule has 128 valence electrons. The Morgan fingerprint density at radius 3 is 2.61 bits per heavy atom. The Bertz CT molecular complexity index is 464. The van der Waals surface area contributed by atoms with Crippen LogP contribution in [0.4, 0.5) is 0 Å². The number of benzene rings is 1. The van der Waals surface area contributed by atoms with Crippen molar-refractivity contribution in [3.05, 3.63) is 48.6 Å². The number of hydrogen-bond acceptors (Lipinski definition) is 3. The molecule has 1 aromatic carbocycles. The van der Waals surface area contributed by atoms with Crippen LogP contribution < -0.4 is 0 Å². The zero-order chi connectivity index (χ0) is 16.7. The Labute approximate surface area is 140 Å². The van der Waals surface area contributed by atoms with Gasteiger partial charge in [0.05, 0.1) is 24.4 Å². The van der Waals surface area contributed by atoms with Gasteiger partial charge in [-0.3, -0.25) is 0 Å². The summed E-state index contributed by atoms with van der Waals surface area (Å²) in [4.78, 5) is 0. The van der Waals surface area contributed by atoms with Crippen molar-refractivity contribution in [2.45, 2.75) is 77.2 Å². The molecule has 3 heteroatoms. The molecule has 1 aromatic rings. The standard InChI is InChI=1S/C20H30O3/c1-5-6-12-18-17(21-15-16-10-8-7-9-11-16)13-14-19(22-18)23-20(2,3)4/h5,7-11,17-19H,1,6,12-15H2,2-4H3/t17-,18-,19-/m1/s1. The van der Waals surface area contributed by atoms with Crippen molar-refractivity contribution in [3.8, 4) is 0 Å². The van der Waals surface area contributed by atoms with Gasteiger partial charge < -0.3 is 14.2 Å². The maximum absolute atomic E-state index is 6.17. The summed E-state index contributed by atoms with van der Waals surface area (Å²) in [6, 6.07) is 10.3. The largest absolute Gasteiger partial charge is 0.371 e. The van der Waals surface area contributed by atoms with Gasteiger partial charge in [-0.15, -0.1) is 6.58 Å². The lowest BCUT2D eigenvalue weighted by molar-refractivity contribution is -0.261. The minimum absolute atomic E-state index is 0.0674. The smallest absolute Gasteiger partial charge is 0.158 e. The fourth-order valence-electron chi connectivity index (χ4n) is 2.82. The van der Waals surface area contributed by atoms with Gasteiger partial charge in [-0.25, -0.2) is 0 Å². The molecule has 1 heterocycles. The highest BCUT2D eigenvalue weighted by atomic mass is 16.7. The van der Waals surface area contributed by atoms with Crippen LogP contribution in [0.3, 0.4) is 0 Å². The van der Waals surface area contributed by atoms with Crippen LogP contribution in [0, 0.1) is 0 Å². The van der Waals surface area contributed by atoms with Gasteiger partial charge in [0.2, 0.25) is 0 Å². The number of rotatable bonds is 7. The van der Waals surface area contributed by atoms with E-state index in [1.54, 1.807) is 0 Å². The van der Waals surface area contributed by atoms with Crippen LogP contribution in [0.2, 0.25) is 0 Å². The zero-order valence-electron chi connectivity index (χ0n) is 14.7. The Morgan fingerprint density at radius 1 is 1.22 bits per heavy atom. The summed E-state index contributed by atoms with van der Waals surface area (Å²) in [7, 11) is 0. The molecule has 0 saturated carbocycles. The van der Waals surface area contributed by atoms with Crippen molar-refractivity contribution in [1.82, 2.24) is 0 Å². The van der Waals surface area contributed by atoms with Crippen molar-refractivity contribution in [2.24, 2.45) is 0 Å². The van der Waals surface area contributed by atoms with Crippen LogP contribution in [0.5, 0.6) is 0 Å². The van der Waals surface area contributed by atoms with Crippen LogP contribution >= 0.6 is 0 Å². The average molecular weight is 318 g/mol. The first-order valence-electron chi connectivity index (χ1n) is 8.57. The SMILES string of the molecule is C=CCC[C@H]1O[C@H](OC(C)(C)C)CC[C@H]1OCc1ccccc1. The first-order chi connectivity index (χ1) is 11.0. The molecule has 3 nitrogen and oxygen atoms in total. The molecule has 0 amide bonds. The van der Waals surface area contributed by atoms with E-state index in [4.69, 9.17) is 14.2 Å². The van der Waals surface area contributed by atoms with Gasteiger partial charge >= 0.3 is 0 Å². The monoisotopic (exact) mass is 318 g/mol. The summed E-state index contributed by atoms with van der Waals surface area (Å²) in [5.41, 5.74) is 1.01. The van der Waals surface area contributed by atoms with Crippen molar-refractivity contribution in [3.63, 3.8) is 0 Å². The van der Waals surface area contributed by atoms with Gasteiger partial charge in [0.1, 0.15) is 0 Å². The second kappa shape index (κ2) is 8.62. The quantitative estimate of drug-likeness (QED) is 0.672. The van der Waals surface area contributed by atoms with Gasteiger partial charge in [0.25, 0.3) is 0 Å². The molecule has 1 aliphatic heterocycles. The summed E-state index contributed by atoms with van der Waals surface area (Å²) in [6.07, 6.45) is 5.68. The average Bonchev–Trinajstić information content (AvgIpc) is 2.51. The van der Waals surface area contributed by atoms with Crippen LogP contribution in [0.15, 0.2) is 43.0 Å². The third-order valence-electron chi connectivity index (χ3n) is 3.88. The van der Waals surface area contributed by atoms with Crippen LogP contribution in [0.1, 0.15) is 52.0 Å². The topological polar surface area (TPSA) is 27.7 Å². The highest BCUT2D eigenvalue weighted by molar-refractivity contribution is 5.13. The molecule has 1 saturated heterocycles. The summed E-state index contributed by atoms with van der Waals surface area (Å²) >= 11 is 0. The molecule has 23 heavy (non-hydrogen) atoms. The first-order valence-corrected chi connectivity index (χ1v) is 8.57. The van der Waals surface area contributed by atoms with E-state index < -0.39 is 0 Å². The second-order valence-corrected chi connectivity index (χ2v) is 7.11. The molecule has 0 spiro atoms. The van der Waals surface area contributed by atoms with Crippen LogP contribution in [0.25, 0.3) is 0 Å². The van der Waals surface area contributed by atoms with Gasteiger partial charge in [0, 0.05) is 6.42 Å². The molecule has 1 aliphatic rings. The highest BCUT2D eigenvalue weighted by Crippen LogP contribution is 2.29. The first kappa shape index (κ1) is 18.2. The third kappa shape index (κ3) is 6.46. The van der Waals surface area contributed by atoms with Gasteiger partial charge in [-0.1, -0.05) is 36.4 Å². The second-order valence-electron chi connectivity index (χ2n) is 7.11. The summed E-state index contributed by atoms with van der Waals surface area (Å²) in [5.74, 6) is 0. The van der Waals surface area contributed by atoms with Gasteiger partial charge in [0.15, 0.2) is 6.29 Å². The Morgan fingerprint density at radius 2 is 1.96 bits per heavy atom. The molecule has 0 radical (unpaired) electrons. The zero-order valence-corrected chi connectivity index (χ0v) is 14.7. The molecular formula is C20H30O3. The van der Waals surface area contributed by atoms with Gasteiger partial charge in [-0.05, 0) is 45.6 Å². The summed E-state index contributed by atoms with van der Waals surface area (Å²) in [6.45, 7) is 10.6. The Kier molecular flexibility index (Phi) is 6.82. The summed E-state index contributed by atoms with van der Waals surface area (Å²) in [5, 5.41) is 0. The highest BCUT2D eigenvalue weighted by Gasteiger charge is 2.33. The molecule has 3 atom stereocenters. The third-order valence-corrected chi connectivity index (χ3v) is 3.88. The molecule has 1 fully saturated rings. The van der Waals surface area contributed by atoms with Crippen molar-refractivity contribution >= 4 is 0 Å². The normalized spacial score (nSPS) is 25.3. The van der Waals surface area contributed by atoms with E-state index in [-0.39, 0.29) is 24.1 Å². The number of hydrogen-bond donors (Lipinski definition) is 0. The Hall–Kier alpha value is -1.16. The minimum Gasteiger partial charge on any atom is -0.371 e. The van der Waals surface area contributed by atoms with E-state index in [0.717, 1.165) is 25.7 Å². The fourth-order valence-corrected chi connectivity index (χ4v) is 2.82. The van der Waals surface area contributed by atoms with Crippen molar-refractivity contribution < 1.29 is 14.2 Å². The van der Waals surface area contributed by atoms with E-state index in [0.29, 0.717) is 6.61 Å². The van der Waals surface area contributed by atoms with Crippen molar-refractivity contribution in [2.75, 3.05) is 0 Å². The summed E-state index contributed by atoms with van der Waals surface area (Å²) < 4.78 is 18.3. The molecule has 0 unspecified atom stereocenters. The van der Waals surface area contributed by atoms with E-state index in [1.165, 1.54) is 5.56 Å². The van der Waals surface area contributed by atoms with E-state index in [9.17, 15) is 0 Å². The molecule has 0 N–H and O–H groups in total. The molecule has 0 bridgehead atoms. The number of allylic oxidation sites excluding steroid dienone is 1. The van der Waals surface area contributed by atoms with E-state index in [1.807, 2.05) is 24.3 Å².